The molecule has 8 nitrogen and oxygen atoms in total. The van der Waals surface area contributed by atoms with Gasteiger partial charge in [-0.15, -0.1) is 0 Å². The number of H-pyrrole nitrogens is 1. The van der Waals surface area contributed by atoms with Gasteiger partial charge in [0.25, 0.3) is 5.56 Å². The van der Waals surface area contributed by atoms with Crippen LogP contribution in [0.3, 0.4) is 0 Å². The number of aromatic nitrogens is 3. The van der Waals surface area contributed by atoms with Gasteiger partial charge < -0.3 is 15.0 Å². The molecule has 0 amide bonds. The van der Waals surface area contributed by atoms with Crippen LogP contribution in [0.2, 0.25) is 0 Å². The van der Waals surface area contributed by atoms with E-state index in [0.717, 1.165) is 50.6 Å². The zero-order valence-electron chi connectivity index (χ0n) is 25.4. The van der Waals surface area contributed by atoms with E-state index in [1.807, 2.05) is 17.2 Å². The van der Waals surface area contributed by atoms with E-state index >= 15 is 0 Å². The minimum Gasteiger partial charge on any atom is -0.357 e. The van der Waals surface area contributed by atoms with E-state index in [2.05, 4.69) is 61.0 Å². The van der Waals surface area contributed by atoms with Crippen LogP contribution in [-0.2, 0) is 23.8 Å². The number of nitriles is 1. The van der Waals surface area contributed by atoms with E-state index in [1.54, 1.807) is 6.20 Å². The minimum absolute atomic E-state index is 0.0706. The lowest BCUT2D eigenvalue weighted by Gasteiger charge is -2.24. The Labute approximate surface area is 242 Å². The zero-order chi connectivity index (χ0) is 31.3. The average Bonchev–Trinajstić information content (AvgIpc) is 3.43. The highest BCUT2D eigenvalue weighted by atomic mass is 19.4. The number of hydrogen-bond donors (Lipinski definition) is 2. The summed E-state index contributed by atoms with van der Waals surface area (Å²) in [5.41, 5.74) is -1.14. The fourth-order valence-corrected chi connectivity index (χ4v) is 3.92. The molecule has 1 atom stereocenters. The summed E-state index contributed by atoms with van der Waals surface area (Å²) >= 11 is 0. The van der Waals surface area contributed by atoms with Crippen molar-refractivity contribution < 1.29 is 18.0 Å². The topological polar surface area (TPSA) is 115 Å². The Balaban J connectivity index is 0.000000613. The van der Waals surface area contributed by atoms with Crippen LogP contribution in [0, 0.1) is 17.2 Å². The minimum atomic E-state index is -4.58. The summed E-state index contributed by atoms with van der Waals surface area (Å²) < 4.78 is 37.4. The second kappa shape index (κ2) is 21.5. The second-order valence-corrected chi connectivity index (χ2v) is 9.60. The molecule has 2 heterocycles. The third-order valence-electron chi connectivity index (χ3n) is 6.25. The summed E-state index contributed by atoms with van der Waals surface area (Å²) in [5, 5.41) is 17.4. The normalized spacial score (nSPS) is 12.2. The Morgan fingerprint density at radius 1 is 1.17 bits per heavy atom. The number of alkyl halides is 3. The molecule has 2 N–H and O–H groups in total. The molecular formula is C30H47F3N6O2. The Kier molecular flexibility index (Phi) is 19.8. The van der Waals surface area contributed by atoms with Gasteiger partial charge in [0.15, 0.2) is 0 Å². The molecule has 0 radical (unpaired) electrons. The van der Waals surface area contributed by atoms with Crippen LogP contribution in [-0.4, -0.2) is 47.6 Å². The summed E-state index contributed by atoms with van der Waals surface area (Å²) in [6.45, 7) is 16.8. The molecule has 11 heteroatoms. The molecule has 0 spiro atoms. The SMILES string of the molecule is CC=O.CCCN(CCC(C)CC)c1ccc(C#N)cn1.CCCNCC.O=c1[nH]nc2c(c1C(F)(F)F)CCC2. The predicted octanol–water partition coefficient (Wildman–Crippen LogP) is 6.09. The first kappa shape index (κ1) is 37.7. The Morgan fingerprint density at radius 3 is 2.32 bits per heavy atom. The summed E-state index contributed by atoms with van der Waals surface area (Å²) in [4.78, 5) is 26.5. The molecule has 1 aliphatic rings. The number of aryl methyl sites for hydroxylation is 1. The molecule has 0 aliphatic heterocycles. The predicted molar refractivity (Wildman–Crippen MR) is 158 cm³/mol. The van der Waals surface area contributed by atoms with E-state index in [0.29, 0.717) is 30.5 Å². The maximum atomic E-state index is 12.5. The molecule has 1 aliphatic carbocycles. The number of anilines is 1. The van der Waals surface area contributed by atoms with Gasteiger partial charge in [0.2, 0.25) is 0 Å². The van der Waals surface area contributed by atoms with Crippen molar-refractivity contribution in [3.05, 3.63) is 51.1 Å². The number of aldehydes is 1. The van der Waals surface area contributed by atoms with Crippen molar-refractivity contribution in [3.8, 4) is 6.07 Å². The van der Waals surface area contributed by atoms with Crippen molar-refractivity contribution in [2.45, 2.75) is 92.7 Å². The first-order valence-corrected chi connectivity index (χ1v) is 14.4. The highest BCUT2D eigenvalue weighted by Crippen LogP contribution is 2.33. The van der Waals surface area contributed by atoms with Crippen molar-refractivity contribution in [1.29, 1.82) is 5.26 Å². The van der Waals surface area contributed by atoms with E-state index in [1.165, 1.54) is 26.2 Å². The largest absolute Gasteiger partial charge is 0.422 e. The number of rotatable bonds is 10. The van der Waals surface area contributed by atoms with Crippen LogP contribution in [0.5, 0.6) is 0 Å². The zero-order valence-corrected chi connectivity index (χ0v) is 25.4. The van der Waals surface area contributed by atoms with E-state index < -0.39 is 17.3 Å². The monoisotopic (exact) mass is 580 g/mol. The van der Waals surface area contributed by atoms with Crippen LogP contribution in [0.1, 0.15) is 96.0 Å². The molecule has 3 rings (SSSR count). The number of carbonyl (C=O) groups is 1. The number of nitrogens with one attached hydrogen (secondary N) is 2. The van der Waals surface area contributed by atoms with Crippen molar-refractivity contribution in [2.24, 2.45) is 5.92 Å². The molecule has 0 bridgehead atoms. The van der Waals surface area contributed by atoms with Gasteiger partial charge >= 0.3 is 6.18 Å². The third kappa shape index (κ3) is 14.8. The van der Waals surface area contributed by atoms with Crippen molar-refractivity contribution in [1.82, 2.24) is 20.5 Å². The van der Waals surface area contributed by atoms with Gasteiger partial charge in [0.05, 0.1) is 11.3 Å². The number of hydrogen-bond acceptors (Lipinski definition) is 7. The lowest BCUT2D eigenvalue weighted by Crippen LogP contribution is -2.27. The molecule has 41 heavy (non-hydrogen) atoms. The highest BCUT2D eigenvalue weighted by Gasteiger charge is 2.39. The first-order valence-electron chi connectivity index (χ1n) is 14.4. The quantitative estimate of drug-likeness (QED) is 0.258. The number of pyridine rings is 1. The summed E-state index contributed by atoms with van der Waals surface area (Å²) in [5.74, 6) is 1.74. The average molecular weight is 581 g/mol. The number of nitrogens with zero attached hydrogens (tertiary/aromatic N) is 4. The fraction of sp³-hybridized carbons (Fsp3) is 0.633. The molecule has 1 unspecified atom stereocenters. The second-order valence-electron chi connectivity index (χ2n) is 9.60. The van der Waals surface area contributed by atoms with Crippen molar-refractivity contribution in [3.63, 3.8) is 0 Å². The van der Waals surface area contributed by atoms with Gasteiger partial charge in [-0.05, 0) is 82.2 Å². The van der Waals surface area contributed by atoms with E-state index in [-0.39, 0.29) is 5.56 Å². The number of halogens is 3. The van der Waals surface area contributed by atoms with Crippen molar-refractivity contribution in [2.75, 3.05) is 31.1 Å². The van der Waals surface area contributed by atoms with Crippen LogP contribution >= 0.6 is 0 Å². The Bertz CT molecular complexity index is 1080. The van der Waals surface area contributed by atoms with E-state index in [9.17, 15) is 18.0 Å². The first-order chi connectivity index (χ1) is 19.5. The van der Waals surface area contributed by atoms with Crippen molar-refractivity contribution >= 4 is 12.1 Å². The molecule has 2 aromatic rings. The lowest BCUT2D eigenvalue weighted by molar-refractivity contribution is -0.139. The van der Waals surface area contributed by atoms with Crippen LogP contribution in [0.25, 0.3) is 0 Å². The van der Waals surface area contributed by atoms with Crippen LogP contribution in [0.15, 0.2) is 23.1 Å². The smallest absolute Gasteiger partial charge is 0.357 e. The van der Waals surface area contributed by atoms with Gasteiger partial charge in [-0.1, -0.05) is 41.0 Å². The van der Waals surface area contributed by atoms with Crippen LogP contribution < -0.4 is 15.8 Å². The van der Waals surface area contributed by atoms with Gasteiger partial charge in [-0.25, -0.2) is 10.1 Å². The molecule has 0 aromatic carbocycles. The van der Waals surface area contributed by atoms with Gasteiger partial charge in [0, 0.05) is 19.3 Å². The van der Waals surface area contributed by atoms with Gasteiger partial charge in [-0.2, -0.15) is 23.5 Å². The van der Waals surface area contributed by atoms with E-state index in [4.69, 9.17) is 10.1 Å². The molecule has 0 fully saturated rings. The Morgan fingerprint density at radius 2 is 1.85 bits per heavy atom. The Hall–Kier alpha value is -3.26. The molecule has 2 aromatic heterocycles. The summed E-state index contributed by atoms with van der Waals surface area (Å²) in [7, 11) is 0. The van der Waals surface area contributed by atoms with Gasteiger partial charge in [0.1, 0.15) is 23.7 Å². The number of fused-ring (bicyclic) bond motifs is 1. The molecular weight excluding hydrogens is 533 g/mol. The lowest BCUT2D eigenvalue weighted by atomic mass is 10.1. The molecule has 230 valence electrons. The number of aromatic amines is 1. The standard InChI is InChI=1S/C15H23N3.C8H7F3N2O.C5H13N.C2H4O/c1-4-9-18(10-8-13(3)5-2)15-7-6-14(11-16)12-17-15;9-8(10,11)6-4-2-1-3-5(4)12-13-7(6)14;1-3-5-6-4-2;1-2-3/h6-7,12-13H,4-5,8-10H2,1-3H3;1-3H2,(H,13,14);6H,3-5H2,1-2H3;2H,1H3. The number of carbonyl (C=O) groups excluding carboxylic acids is 1. The maximum absolute atomic E-state index is 12.5. The van der Waals surface area contributed by atoms with Crippen LogP contribution in [0.4, 0.5) is 19.0 Å². The molecule has 0 saturated heterocycles. The fourth-order valence-electron chi connectivity index (χ4n) is 3.92. The molecule has 0 saturated carbocycles. The maximum Gasteiger partial charge on any atom is 0.422 e. The summed E-state index contributed by atoms with van der Waals surface area (Å²) in [6.07, 6.45) is 4.03. The summed E-state index contributed by atoms with van der Waals surface area (Å²) in [6, 6.07) is 5.89. The van der Waals surface area contributed by atoms with Gasteiger partial charge in [-0.3, -0.25) is 4.79 Å². The third-order valence-corrected chi connectivity index (χ3v) is 6.25. The highest BCUT2D eigenvalue weighted by molar-refractivity contribution is 5.44.